The molecule has 0 spiro atoms. The number of carbonyl (C=O) groups excluding carboxylic acids is 1. The van der Waals surface area contributed by atoms with Crippen molar-refractivity contribution in [2.75, 3.05) is 26.3 Å². The van der Waals surface area contributed by atoms with Crippen molar-refractivity contribution in [3.8, 4) is 22.8 Å². The normalized spacial score (nSPS) is 14.4. The Morgan fingerprint density at radius 3 is 2.59 bits per heavy atom. The molecule has 1 aliphatic rings. The molecule has 0 atom stereocenters. The number of para-hydroxylation sites is 1. The van der Waals surface area contributed by atoms with Gasteiger partial charge < -0.3 is 18.7 Å². The summed E-state index contributed by atoms with van der Waals surface area (Å²) in [6.07, 6.45) is 1.92. The van der Waals surface area contributed by atoms with Crippen LogP contribution < -0.4 is 0 Å². The van der Waals surface area contributed by atoms with Crippen LogP contribution in [0.15, 0.2) is 65.3 Å². The summed E-state index contributed by atoms with van der Waals surface area (Å²) in [6.45, 7) is 2.71. The van der Waals surface area contributed by atoms with E-state index in [9.17, 15) is 4.79 Å². The van der Waals surface area contributed by atoms with Gasteiger partial charge >= 0.3 is 0 Å². The van der Waals surface area contributed by atoms with Crippen LogP contribution in [0.25, 0.3) is 33.7 Å². The Bertz CT molecular complexity index is 1140. The maximum absolute atomic E-state index is 12.7. The van der Waals surface area contributed by atoms with E-state index in [1.54, 1.807) is 0 Å². The molecule has 4 aromatic rings. The molecule has 1 fully saturated rings. The molecule has 29 heavy (non-hydrogen) atoms. The van der Waals surface area contributed by atoms with E-state index in [0.29, 0.717) is 38.0 Å². The number of fused-ring (bicyclic) bond motifs is 1. The van der Waals surface area contributed by atoms with Crippen LogP contribution in [0.2, 0.25) is 0 Å². The summed E-state index contributed by atoms with van der Waals surface area (Å²) in [5.74, 6) is 1.07. The van der Waals surface area contributed by atoms with Crippen molar-refractivity contribution in [2.45, 2.75) is 6.54 Å². The molecular formula is C22H20N4O3. The van der Waals surface area contributed by atoms with Crippen LogP contribution in [0.5, 0.6) is 0 Å². The van der Waals surface area contributed by atoms with Gasteiger partial charge in [-0.1, -0.05) is 53.7 Å². The highest BCUT2D eigenvalue weighted by Crippen LogP contribution is 2.31. The molecule has 0 bridgehead atoms. The zero-order valence-electron chi connectivity index (χ0n) is 15.8. The predicted octanol–water partition coefficient (Wildman–Crippen LogP) is 3.22. The van der Waals surface area contributed by atoms with Gasteiger partial charge in [0.25, 0.3) is 5.89 Å². The van der Waals surface area contributed by atoms with Gasteiger partial charge in [0.15, 0.2) is 0 Å². The van der Waals surface area contributed by atoms with Gasteiger partial charge in [0, 0.05) is 35.8 Å². The minimum absolute atomic E-state index is 0.0797. The quantitative estimate of drug-likeness (QED) is 0.537. The molecule has 5 rings (SSSR count). The average Bonchev–Trinajstić information content (AvgIpc) is 3.41. The minimum atomic E-state index is 0.0797. The summed E-state index contributed by atoms with van der Waals surface area (Å²) in [6, 6.07) is 17.6. The summed E-state index contributed by atoms with van der Waals surface area (Å²) in [7, 11) is 0. The highest BCUT2D eigenvalue weighted by molar-refractivity contribution is 5.95. The predicted molar refractivity (Wildman–Crippen MR) is 108 cm³/mol. The Morgan fingerprint density at radius 2 is 1.76 bits per heavy atom. The van der Waals surface area contributed by atoms with Crippen molar-refractivity contribution in [1.82, 2.24) is 19.6 Å². The van der Waals surface area contributed by atoms with Gasteiger partial charge in [-0.3, -0.25) is 4.79 Å². The lowest BCUT2D eigenvalue weighted by Gasteiger charge is -2.27. The third kappa shape index (κ3) is 3.40. The van der Waals surface area contributed by atoms with Crippen molar-refractivity contribution < 1.29 is 14.1 Å². The number of nitrogens with zero attached hydrogens (tertiary/aromatic N) is 4. The number of amides is 1. The lowest BCUT2D eigenvalue weighted by Crippen LogP contribution is -2.42. The van der Waals surface area contributed by atoms with Crippen molar-refractivity contribution in [3.05, 3.63) is 60.8 Å². The molecule has 0 unspecified atom stereocenters. The van der Waals surface area contributed by atoms with Crippen molar-refractivity contribution >= 4 is 16.8 Å². The fraction of sp³-hybridized carbons (Fsp3) is 0.227. The Kier molecular flexibility index (Phi) is 4.57. The Balaban J connectivity index is 1.49. The van der Waals surface area contributed by atoms with E-state index < -0.39 is 0 Å². The molecule has 0 saturated carbocycles. The molecular weight excluding hydrogens is 368 g/mol. The number of carbonyl (C=O) groups is 1. The number of hydrogen-bond acceptors (Lipinski definition) is 5. The van der Waals surface area contributed by atoms with Gasteiger partial charge in [-0.2, -0.15) is 4.98 Å². The molecule has 0 N–H and O–H groups in total. The lowest BCUT2D eigenvalue weighted by atomic mass is 10.2. The molecule has 7 heteroatoms. The van der Waals surface area contributed by atoms with Crippen LogP contribution in [0, 0.1) is 0 Å². The highest BCUT2D eigenvalue weighted by atomic mass is 16.5. The number of aromatic nitrogens is 3. The summed E-state index contributed by atoms with van der Waals surface area (Å²) in [5, 5.41) is 5.11. The van der Waals surface area contributed by atoms with E-state index in [0.717, 1.165) is 22.0 Å². The van der Waals surface area contributed by atoms with Crippen LogP contribution in [0.3, 0.4) is 0 Å². The zero-order valence-corrected chi connectivity index (χ0v) is 15.8. The third-order valence-corrected chi connectivity index (χ3v) is 5.15. The minimum Gasteiger partial charge on any atom is -0.378 e. The maximum Gasteiger partial charge on any atom is 0.260 e. The third-order valence-electron chi connectivity index (χ3n) is 5.15. The number of ether oxygens (including phenoxy) is 1. The second-order valence-electron chi connectivity index (χ2n) is 6.97. The SMILES string of the molecule is O=C(Cn1cc(-c2nc(-c3ccccc3)no2)c2ccccc21)N1CCOCC1. The maximum atomic E-state index is 12.7. The molecule has 146 valence electrons. The van der Waals surface area contributed by atoms with Gasteiger partial charge in [0.05, 0.1) is 18.8 Å². The van der Waals surface area contributed by atoms with Gasteiger partial charge in [-0.15, -0.1) is 0 Å². The summed E-state index contributed by atoms with van der Waals surface area (Å²) in [4.78, 5) is 19.2. The van der Waals surface area contributed by atoms with E-state index in [1.807, 2.05) is 70.3 Å². The van der Waals surface area contributed by atoms with E-state index in [-0.39, 0.29) is 12.5 Å². The smallest absolute Gasteiger partial charge is 0.260 e. The standard InChI is InChI=1S/C22H20N4O3/c27-20(25-10-12-28-13-11-25)15-26-14-18(17-8-4-5-9-19(17)26)22-23-21(24-29-22)16-6-2-1-3-7-16/h1-9,14H,10-13,15H2. The van der Waals surface area contributed by atoms with Gasteiger partial charge in [0.2, 0.25) is 11.7 Å². The number of benzene rings is 2. The van der Waals surface area contributed by atoms with E-state index in [2.05, 4.69) is 10.1 Å². The fourth-order valence-corrected chi connectivity index (χ4v) is 3.64. The van der Waals surface area contributed by atoms with E-state index in [1.165, 1.54) is 0 Å². The Labute approximate surface area is 167 Å². The van der Waals surface area contributed by atoms with Crippen molar-refractivity contribution in [1.29, 1.82) is 0 Å². The van der Waals surface area contributed by atoms with Gasteiger partial charge in [-0.05, 0) is 6.07 Å². The lowest BCUT2D eigenvalue weighted by molar-refractivity contribution is -0.135. The number of hydrogen-bond donors (Lipinski definition) is 0. The van der Waals surface area contributed by atoms with Gasteiger partial charge in [0.1, 0.15) is 6.54 Å². The first-order valence-corrected chi connectivity index (χ1v) is 9.62. The highest BCUT2D eigenvalue weighted by Gasteiger charge is 2.21. The first-order chi connectivity index (χ1) is 14.3. The zero-order chi connectivity index (χ0) is 19.6. The van der Waals surface area contributed by atoms with Gasteiger partial charge in [-0.25, -0.2) is 0 Å². The second-order valence-corrected chi connectivity index (χ2v) is 6.97. The molecule has 7 nitrogen and oxygen atoms in total. The van der Waals surface area contributed by atoms with Crippen molar-refractivity contribution in [2.24, 2.45) is 0 Å². The topological polar surface area (TPSA) is 73.4 Å². The summed E-state index contributed by atoms with van der Waals surface area (Å²) < 4.78 is 12.9. The molecule has 0 radical (unpaired) electrons. The van der Waals surface area contributed by atoms with E-state index in [4.69, 9.17) is 9.26 Å². The molecule has 2 aromatic carbocycles. The number of morpholine rings is 1. The van der Waals surface area contributed by atoms with E-state index >= 15 is 0 Å². The number of rotatable bonds is 4. The van der Waals surface area contributed by atoms with Crippen LogP contribution in [0.1, 0.15) is 0 Å². The molecule has 1 aliphatic heterocycles. The molecule has 0 aliphatic carbocycles. The average molecular weight is 388 g/mol. The molecule has 1 saturated heterocycles. The Hall–Kier alpha value is -3.45. The molecule has 1 amide bonds. The first-order valence-electron chi connectivity index (χ1n) is 9.62. The largest absolute Gasteiger partial charge is 0.378 e. The summed E-state index contributed by atoms with van der Waals surface area (Å²) >= 11 is 0. The van der Waals surface area contributed by atoms with Crippen molar-refractivity contribution in [3.63, 3.8) is 0 Å². The second kappa shape index (κ2) is 7.52. The Morgan fingerprint density at radius 1 is 1.00 bits per heavy atom. The van der Waals surface area contributed by atoms with Crippen LogP contribution in [-0.2, 0) is 16.1 Å². The van der Waals surface area contributed by atoms with Crippen LogP contribution in [-0.4, -0.2) is 51.8 Å². The monoisotopic (exact) mass is 388 g/mol. The van der Waals surface area contributed by atoms with Crippen LogP contribution >= 0.6 is 0 Å². The fourth-order valence-electron chi connectivity index (χ4n) is 3.64. The first kappa shape index (κ1) is 17.6. The van der Waals surface area contributed by atoms with Crippen LogP contribution in [0.4, 0.5) is 0 Å². The summed E-state index contributed by atoms with van der Waals surface area (Å²) in [5.41, 5.74) is 2.68. The molecule has 2 aromatic heterocycles. The molecule has 3 heterocycles.